The summed E-state index contributed by atoms with van der Waals surface area (Å²) < 4.78 is 0. The van der Waals surface area contributed by atoms with Crippen LogP contribution in [0.25, 0.3) is 0 Å². The fourth-order valence-electron chi connectivity index (χ4n) is 1.77. The number of hydrogen-bond donors (Lipinski definition) is 2. The predicted octanol–water partition coefficient (Wildman–Crippen LogP) is 1.22. The van der Waals surface area contributed by atoms with Crippen LogP contribution in [-0.4, -0.2) is 30.0 Å². The van der Waals surface area contributed by atoms with Gasteiger partial charge in [0, 0.05) is 12.6 Å². The van der Waals surface area contributed by atoms with Crippen LogP contribution in [0.3, 0.4) is 0 Å². The number of hydrogen-bond acceptors (Lipinski definition) is 3. The molecule has 1 saturated heterocycles. The zero-order valence-electron chi connectivity index (χ0n) is 8.87. The van der Waals surface area contributed by atoms with Gasteiger partial charge in [-0.2, -0.15) is 0 Å². The van der Waals surface area contributed by atoms with Gasteiger partial charge in [0.2, 0.25) is 0 Å². The van der Waals surface area contributed by atoms with Crippen LogP contribution in [0.5, 0.6) is 0 Å². The molecule has 2 rings (SSSR count). The fourth-order valence-corrected chi connectivity index (χ4v) is 1.93. The highest BCUT2D eigenvalue weighted by Crippen LogP contribution is 2.06. The summed E-state index contributed by atoms with van der Waals surface area (Å²) in [7, 11) is 0. The molecule has 4 nitrogen and oxygen atoms in total. The first-order valence-electron chi connectivity index (χ1n) is 5.40. The number of piperidine rings is 1. The van der Waals surface area contributed by atoms with Crippen LogP contribution >= 0.6 is 11.6 Å². The summed E-state index contributed by atoms with van der Waals surface area (Å²) in [6.07, 6.45) is 2.10. The van der Waals surface area contributed by atoms with Crippen LogP contribution in [0.15, 0.2) is 18.2 Å². The average Bonchev–Trinajstić information content (AvgIpc) is 2.30. The number of carbonyl (C=O) groups excluding carboxylic acids is 1. The molecule has 0 aliphatic carbocycles. The van der Waals surface area contributed by atoms with Crippen molar-refractivity contribution in [2.75, 3.05) is 13.1 Å². The molecule has 1 aromatic heterocycles. The van der Waals surface area contributed by atoms with E-state index >= 15 is 0 Å². The van der Waals surface area contributed by atoms with Crippen LogP contribution in [0.2, 0.25) is 5.15 Å². The number of amides is 1. The monoisotopic (exact) mass is 239 g/mol. The van der Waals surface area contributed by atoms with Crippen LogP contribution in [-0.2, 0) is 0 Å². The van der Waals surface area contributed by atoms with Crippen LogP contribution in [0.4, 0.5) is 0 Å². The zero-order valence-corrected chi connectivity index (χ0v) is 9.63. The quantitative estimate of drug-likeness (QED) is 0.763. The summed E-state index contributed by atoms with van der Waals surface area (Å²) in [5, 5.41) is 6.52. The van der Waals surface area contributed by atoms with Gasteiger partial charge in [0.05, 0.1) is 0 Å². The van der Waals surface area contributed by atoms with E-state index in [0.717, 1.165) is 25.9 Å². The molecule has 0 spiro atoms. The Labute approximate surface area is 99.4 Å². The molecule has 1 fully saturated rings. The minimum atomic E-state index is -0.156. The third-order valence-corrected chi connectivity index (χ3v) is 2.79. The summed E-state index contributed by atoms with van der Waals surface area (Å²) in [6, 6.07) is 5.24. The van der Waals surface area contributed by atoms with Gasteiger partial charge in [-0.25, -0.2) is 4.98 Å². The lowest BCUT2D eigenvalue weighted by Gasteiger charge is -2.23. The molecule has 0 unspecified atom stereocenters. The second-order valence-electron chi connectivity index (χ2n) is 3.86. The Kier molecular flexibility index (Phi) is 3.74. The van der Waals surface area contributed by atoms with Crippen molar-refractivity contribution < 1.29 is 4.79 Å². The smallest absolute Gasteiger partial charge is 0.270 e. The Hall–Kier alpha value is -1.13. The molecule has 2 N–H and O–H groups in total. The molecular formula is C11H14ClN3O. The summed E-state index contributed by atoms with van der Waals surface area (Å²) in [5.41, 5.74) is 0.373. The molecule has 2 heterocycles. The molecule has 86 valence electrons. The summed E-state index contributed by atoms with van der Waals surface area (Å²) in [4.78, 5) is 15.8. The minimum absolute atomic E-state index is 0.156. The van der Waals surface area contributed by atoms with Gasteiger partial charge in [-0.15, -0.1) is 0 Å². The predicted molar refractivity (Wildman–Crippen MR) is 62.6 cm³/mol. The Morgan fingerprint density at radius 1 is 1.56 bits per heavy atom. The maximum absolute atomic E-state index is 11.8. The van der Waals surface area contributed by atoms with Gasteiger partial charge in [0.25, 0.3) is 5.91 Å². The highest BCUT2D eigenvalue weighted by atomic mass is 35.5. The van der Waals surface area contributed by atoms with E-state index in [0.29, 0.717) is 10.8 Å². The molecule has 1 aromatic rings. The first-order valence-corrected chi connectivity index (χ1v) is 5.77. The molecule has 0 saturated carbocycles. The molecule has 0 bridgehead atoms. The summed E-state index contributed by atoms with van der Waals surface area (Å²) in [5.74, 6) is -0.156. The van der Waals surface area contributed by atoms with Gasteiger partial charge in [-0.3, -0.25) is 4.79 Å². The van der Waals surface area contributed by atoms with Crippen LogP contribution in [0.1, 0.15) is 23.3 Å². The normalized spacial score (nSPS) is 20.4. The number of carbonyl (C=O) groups is 1. The number of rotatable bonds is 2. The van der Waals surface area contributed by atoms with E-state index < -0.39 is 0 Å². The second kappa shape index (κ2) is 5.27. The molecule has 16 heavy (non-hydrogen) atoms. The van der Waals surface area contributed by atoms with Gasteiger partial charge < -0.3 is 10.6 Å². The molecule has 1 aliphatic heterocycles. The van der Waals surface area contributed by atoms with Crippen molar-refractivity contribution in [2.24, 2.45) is 0 Å². The van der Waals surface area contributed by atoms with E-state index in [-0.39, 0.29) is 11.9 Å². The van der Waals surface area contributed by atoms with Crippen LogP contribution < -0.4 is 10.6 Å². The van der Waals surface area contributed by atoms with E-state index in [1.807, 2.05) is 0 Å². The minimum Gasteiger partial charge on any atom is -0.347 e. The molecular weight excluding hydrogens is 226 g/mol. The molecule has 0 aromatic carbocycles. The van der Waals surface area contributed by atoms with E-state index in [4.69, 9.17) is 11.6 Å². The lowest BCUT2D eigenvalue weighted by Crippen LogP contribution is -2.45. The molecule has 1 atom stereocenters. The van der Waals surface area contributed by atoms with Gasteiger partial charge in [-0.05, 0) is 31.5 Å². The fraction of sp³-hybridized carbons (Fsp3) is 0.455. The zero-order chi connectivity index (χ0) is 11.4. The second-order valence-corrected chi connectivity index (χ2v) is 4.25. The first-order chi connectivity index (χ1) is 7.75. The SMILES string of the molecule is O=C(N[C@H]1CCCNC1)c1cccc(Cl)n1. The van der Waals surface area contributed by atoms with Crippen molar-refractivity contribution in [3.05, 3.63) is 29.0 Å². The van der Waals surface area contributed by atoms with Crippen molar-refractivity contribution in [1.29, 1.82) is 0 Å². The number of pyridine rings is 1. The lowest BCUT2D eigenvalue weighted by atomic mass is 10.1. The topological polar surface area (TPSA) is 54.0 Å². The Morgan fingerprint density at radius 3 is 3.12 bits per heavy atom. The standard InChI is InChI=1S/C11H14ClN3O/c12-10-5-1-4-9(15-10)11(16)14-8-3-2-6-13-7-8/h1,4-5,8,13H,2-3,6-7H2,(H,14,16)/t8-/m0/s1. The van der Waals surface area contributed by atoms with Crippen molar-refractivity contribution in [1.82, 2.24) is 15.6 Å². The van der Waals surface area contributed by atoms with E-state index in [1.54, 1.807) is 18.2 Å². The number of nitrogens with zero attached hydrogens (tertiary/aromatic N) is 1. The molecule has 0 radical (unpaired) electrons. The average molecular weight is 240 g/mol. The first kappa shape index (κ1) is 11.4. The third-order valence-electron chi connectivity index (χ3n) is 2.58. The molecule has 1 amide bonds. The highest BCUT2D eigenvalue weighted by Gasteiger charge is 2.16. The molecule has 5 heteroatoms. The maximum Gasteiger partial charge on any atom is 0.270 e. The van der Waals surface area contributed by atoms with E-state index in [9.17, 15) is 4.79 Å². The highest BCUT2D eigenvalue weighted by molar-refractivity contribution is 6.29. The number of halogens is 1. The van der Waals surface area contributed by atoms with Crippen molar-refractivity contribution in [3.8, 4) is 0 Å². The Morgan fingerprint density at radius 2 is 2.44 bits per heavy atom. The van der Waals surface area contributed by atoms with Crippen LogP contribution in [0, 0.1) is 0 Å². The van der Waals surface area contributed by atoms with Gasteiger partial charge in [0.15, 0.2) is 0 Å². The van der Waals surface area contributed by atoms with Crippen molar-refractivity contribution in [2.45, 2.75) is 18.9 Å². The Balaban J connectivity index is 1.97. The van der Waals surface area contributed by atoms with E-state index in [2.05, 4.69) is 15.6 Å². The van der Waals surface area contributed by atoms with Crippen molar-refractivity contribution >= 4 is 17.5 Å². The van der Waals surface area contributed by atoms with Gasteiger partial charge in [0.1, 0.15) is 10.8 Å². The molecule has 1 aliphatic rings. The third kappa shape index (κ3) is 2.93. The largest absolute Gasteiger partial charge is 0.347 e. The number of aromatic nitrogens is 1. The maximum atomic E-state index is 11.8. The number of nitrogens with one attached hydrogen (secondary N) is 2. The van der Waals surface area contributed by atoms with Crippen molar-refractivity contribution in [3.63, 3.8) is 0 Å². The summed E-state index contributed by atoms with van der Waals surface area (Å²) >= 11 is 5.73. The lowest BCUT2D eigenvalue weighted by molar-refractivity contribution is 0.0925. The van der Waals surface area contributed by atoms with E-state index in [1.165, 1.54) is 0 Å². The van der Waals surface area contributed by atoms with Gasteiger partial charge >= 0.3 is 0 Å². The summed E-state index contributed by atoms with van der Waals surface area (Å²) in [6.45, 7) is 1.86. The Bertz CT molecular complexity index is 377. The van der Waals surface area contributed by atoms with Gasteiger partial charge in [-0.1, -0.05) is 17.7 Å².